The minimum Gasteiger partial charge on any atom is -0.507 e. The summed E-state index contributed by atoms with van der Waals surface area (Å²) in [7, 11) is 0. The highest BCUT2D eigenvalue weighted by atomic mass is 19.4. The van der Waals surface area contributed by atoms with Gasteiger partial charge in [0.25, 0.3) is 5.89 Å². The zero-order valence-corrected chi connectivity index (χ0v) is 17.1. The minimum atomic E-state index is -4.50. The van der Waals surface area contributed by atoms with Gasteiger partial charge in [0.2, 0.25) is 5.82 Å². The minimum absolute atomic E-state index is 0.0309. The van der Waals surface area contributed by atoms with Crippen LogP contribution >= 0.6 is 0 Å². The Morgan fingerprint density at radius 2 is 2.00 bits per heavy atom. The van der Waals surface area contributed by atoms with Gasteiger partial charge in [-0.3, -0.25) is 4.79 Å². The standard InChI is InChI=1S/C21H17F3N4O5/c1-2-11-7-12(21(22,23)24)9-28-10-15(25-19(11)28)20-26-18(27-33-20)14-4-3-13(8-16(14)29)32-6-5-17(30)31/h3-4,7-10,29H,2,5-6H2,1H3,(H,30,31). The lowest BCUT2D eigenvalue weighted by atomic mass is 10.1. The number of carboxylic acid groups (broad SMARTS) is 1. The molecule has 3 aromatic heterocycles. The fourth-order valence-corrected chi connectivity index (χ4v) is 3.17. The third-order valence-electron chi connectivity index (χ3n) is 4.78. The molecule has 0 unspecified atom stereocenters. The summed E-state index contributed by atoms with van der Waals surface area (Å²) in [6.45, 7) is 1.66. The van der Waals surface area contributed by atoms with Gasteiger partial charge >= 0.3 is 12.1 Å². The lowest BCUT2D eigenvalue weighted by Crippen LogP contribution is -2.07. The Labute approximate surface area is 184 Å². The Hall–Kier alpha value is -4.09. The van der Waals surface area contributed by atoms with Crippen LogP contribution in [-0.4, -0.2) is 42.3 Å². The average molecular weight is 462 g/mol. The molecule has 0 radical (unpaired) electrons. The fraction of sp³-hybridized carbons (Fsp3) is 0.238. The maximum Gasteiger partial charge on any atom is 0.417 e. The second kappa shape index (κ2) is 8.45. The van der Waals surface area contributed by atoms with Gasteiger partial charge in [0.15, 0.2) is 0 Å². The summed E-state index contributed by atoms with van der Waals surface area (Å²) in [5.41, 5.74) is 0.347. The van der Waals surface area contributed by atoms with Crippen molar-refractivity contribution in [3.63, 3.8) is 0 Å². The highest BCUT2D eigenvalue weighted by Crippen LogP contribution is 2.34. The van der Waals surface area contributed by atoms with E-state index in [1.165, 1.54) is 28.8 Å². The largest absolute Gasteiger partial charge is 0.507 e. The molecule has 0 aliphatic carbocycles. The summed E-state index contributed by atoms with van der Waals surface area (Å²) in [6, 6.07) is 5.31. The molecule has 0 aliphatic rings. The molecule has 172 valence electrons. The van der Waals surface area contributed by atoms with Crippen LogP contribution < -0.4 is 4.74 Å². The summed E-state index contributed by atoms with van der Waals surface area (Å²) in [5.74, 6) is -0.987. The normalized spacial score (nSPS) is 11.8. The molecule has 4 rings (SSSR count). The van der Waals surface area contributed by atoms with Crippen LogP contribution in [0.3, 0.4) is 0 Å². The molecule has 0 aliphatic heterocycles. The molecule has 0 fully saturated rings. The molecule has 0 atom stereocenters. The number of aliphatic carboxylic acids is 1. The van der Waals surface area contributed by atoms with E-state index >= 15 is 0 Å². The molecule has 0 amide bonds. The second-order valence-electron chi connectivity index (χ2n) is 7.06. The number of benzene rings is 1. The van der Waals surface area contributed by atoms with Gasteiger partial charge in [-0.2, -0.15) is 18.2 Å². The first kappa shape index (κ1) is 22.1. The maximum atomic E-state index is 13.2. The van der Waals surface area contributed by atoms with Crippen LogP contribution in [0.2, 0.25) is 0 Å². The summed E-state index contributed by atoms with van der Waals surface area (Å²) in [4.78, 5) is 19.1. The first-order valence-electron chi connectivity index (χ1n) is 9.76. The van der Waals surface area contributed by atoms with Crippen molar-refractivity contribution < 1.29 is 37.4 Å². The van der Waals surface area contributed by atoms with Gasteiger partial charge in [-0.1, -0.05) is 12.1 Å². The number of carbonyl (C=O) groups is 1. The molecule has 4 aromatic rings. The average Bonchev–Trinajstić information content (AvgIpc) is 3.39. The third-order valence-corrected chi connectivity index (χ3v) is 4.78. The van der Waals surface area contributed by atoms with Gasteiger partial charge < -0.3 is 23.9 Å². The maximum absolute atomic E-state index is 13.2. The predicted molar refractivity (Wildman–Crippen MR) is 108 cm³/mol. The lowest BCUT2D eigenvalue weighted by molar-refractivity contribution is -0.138. The SMILES string of the molecule is CCc1cc(C(F)(F)F)cn2cc(-c3nc(-c4ccc(OCCC(=O)O)cc4O)no3)nc12. The topological polar surface area (TPSA) is 123 Å². The molecule has 33 heavy (non-hydrogen) atoms. The third kappa shape index (κ3) is 4.59. The summed E-state index contributed by atoms with van der Waals surface area (Å²) < 4.78 is 51.3. The summed E-state index contributed by atoms with van der Waals surface area (Å²) in [5, 5.41) is 22.7. The first-order chi connectivity index (χ1) is 15.7. The zero-order valence-electron chi connectivity index (χ0n) is 17.1. The molecular weight excluding hydrogens is 445 g/mol. The van der Waals surface area contributed by atoms with E-state index in [4.69, 9.17) is 14.4 Å². The van der Waals surface area contributed by atoms with Gasteiger partial charge in [-0.25, -0.2) is 4.98 Å². The van der Waals surface area contributed by atoms with Crippen LogP contribution in [0.5, 0.6) is 11.5 Å². The van der Waals surface area contributed by atoms with Crippen molar-refractivity contribution >= 4 is 11.6 Å². The number of pyridine rings is 1. The van der Waals surface area contributed by atoms with E-state index in [1.807, 2.05) is 0 Å². The molecule has 0 saturated heterocycles. The number of aromatic hydroxyl groups is 1. The van der Waals surface area contributed by atoms with Crippen molar-refractivity contribution in [2.45, 2.75) is 25.9 Å². The Bertz CT molecular complexity index is 1330. The Morgan fingerprint density at radius 1 is 1.21 bits per heavy atom. The predicted octanol–water partition coefficient (Wildman–Crippen LogP) is 4.19. The number of ether oxygens (including phenoxy) is 1. The fourth-order valence-electron chi connectivity index (χ4n) is 3.17. The zero-order chi connectivity index (χ0) is 23.8. The van der Waals surface area contributed by atoms with E-state index in [2.05, 4.69) is 15.1 Å². The van der Waals surface area contributed by atoms with E-state index in [9.17, 15) is 23.1 Å². The Kier molecular flexibility index (Phi) is 5.66. The van der Waals surface area contributed by atoms with Crippen molar-refractivity contribution in [3.05, 3.63) is 47.8 Å². The number of imidazole rings is 1. The van der Waals surface area contributed by atoms with Gasteiger partial charge in [-0.15, -0.1) is 0 Å². The number of fused-ring (bicyclic) bond motifs is 1. The highest BCUT2D eigenvalue weighted by Gasteiger charge is 2.32. The molecule has 1 aromatic carbocycles. The number of hydrogen-bond donors (Lipinski definition) is 2. The van der Waals surface area contributed by atoms with E-state index in [1.54, 1.807) is 6.92 Å². The second-order valence-corrected chi connectivity index (χ2v) is 7.06. The molecular formula is C21H17F3N4O5. The number of phenols is 1. The van der Waals surface area contributed by atoms with Gasteiger partial charge in [0.1, 0.15) is 22.8 Å². The van der Waals surface area contributed by atoms with E-state index in [0.29, 0.717) is 17.6 Å². The number of hydrogen-bond acceptors (Lipinski definition) is 7. The van der Waals surface area contributed by atoms with Crippen LogP contribution in [0.4, 0.5) is 13.2 Å². The highest BCUT2D eigenvalue weighted by molar-refractivity contribution is 5.68. The van der Waals surface area contributed by atoms with Crippen molar-refractivity contribution in [3.8, 4) is 34.5 Å². The molecule has 3 heterocycles. The molecule has 0 bridgehead atoms. The molecule has 12 heteroatoms. The van der Waals surface area contributed by atoms with Gasteiger partial charge in [0.05, 0.1) is 24.2 Å². The molecule has 9 nitrogen and oxygen atoms in total. The number of phenolic OH excluding ortho intramolecular Hbond substituents is 1. The van der Waals surface area contributed by atoms with Crippen molar-refractivity contribution in [1.82, 2.24) is 19.5 Å². The van der Waals surface area contributed by atoms with Crippen molar-refractivity contribution in [1.29, 1.82) is 0 Å². The Morgan fingerprint density at radius 3 is 2.67 bits per heavy atom. The van der Waals surface area contributed by atoms with Gasteiger partial charge in [0, 0.05) is 18.5 Å². The smallest absolute Gasteiger partial charge is 0.417 e. The summed E-state index contributed by atoms with van der Waals surface area (Å²) in [6.07, 6.45) is -2.05. The van der Waals surface area contributed by atoms with E-state index in [0.717, 1.165) is 12.3 Å². The quantitative estimate of drug-likeness (QED) is 0.419. The van der Waals surface area contributed by atoms with Gasteiger partial charge in [-0.05, 0) is 30.2 Å². The molecule has 0 spiro atoms. The first-order valence-corrected chi connectivity index (χ1v) is 9.76. The van der Waals surface area contributed by atoms with Crippen molar-refractivity contribution in [2.24, 2.45) is 0 Å². The monoisotopic (exact) mass is 462 g/mol. The van der Waals surface area contributed by atoms with Crippen LogP contribution in [-0.2, 0) is 17.4 Å². The number of aromatic nitrogens is 4. The molecule has 2 N–H and O–H groups in total. The number of halogens is 3. The van der Waals surface area contributed by atoms with Crippen LogP contribution in [0, 0.1) is 0 Å². The number of nitrogens with zero attached hydrogens (tertiary/aromatic N) is 4. The molecule has 0 saturated carbocycles. The number of carboxylic acids is 1. The number of alkyl halides is 3. The van der Waals surface area contributed by atoms with Crippen LogP contribution in [0.25, 0.3) is 28.6 Å². The van der Waals surface area contributed by atoms with E-state index < -0.39 is 17.7 Å². The number of rotatable bonds is 7. The lowest BCUT2D eigenvalue weighted by Gasteiger charge is -2.09. The number of aryl methyl sites for hydroxylation is 1. The summed E-state index contributed by atoms with van der Waals surface area (Å²) >= 11 is 0. The van der Waals surface area contributed by atoms with Crippen LogP contribution in [0.15, 0.2) is 41.2 Å². The van der Waals surface area contributed by atoms with E-state index in [-0.39, 0.29) is 47.5 Å². The van der Waals surface area contributed by atoms with Crippen molar-refractivity contribution in [2.75, 3.05) is 6.61 Å². The Balaban J connectivity index is 1.62. The van der Waals surface area contributed by atoms with Crippen LogP contribution in [0.1, 0.15) is 24.5 Å².